The molecule has 0 aromatic heterocycles. The molecule has 0 unspecified atom stereocenters. The molecule has 1 rings (SSSR count). The number of rotatable bonds is 5. The lowest BCUT2D eigenvalue weighted by Crippen LogP contribution is -2.30. The summed E-state index contributed by atoms with van der Waals surface area (Å²) < 4.78 is 13.3. The molecule has 1 N–H and O–H groups in total. The maximum Gasteiger partial charge on any atom is 0.126 e. The Balaban J connectivity index is 2.53. The topological polar surface area (TPSA) is 15.3 Å². The van der Waals surface area contributed by atoms with Crippen LogP contribution in [0.25, 0.3) is 0 Å². The van der Waals surface area contributed by atoms with Gasteiger partial charge in [0, 0.05) is 18.2 Å². The van der Waals surface area contributed by atoms with Crippen LogP contribution in [0.5, 0.6) is 0 Å². The van der Waals surface area contributed by atoms with Gasteiger partial charge in [0.25, 0.3) is 0 Å². The van der Waals surface area contributed by atoms with Crippen LogP contribution in [0, 0.1) is 5.82 Å². The van der Waals surface area contributed by atoms with Crippen LogP contribution >= 0.6 is 11.6 Å². The highest BCUT2D eigenvalue weighted by Gasteiger charge is 2.04. The third-order valence-electron chi connectivity index (χ3n) is 2.20. The van der Waals surface area contributed by atoms with Gasteiger partial charge >= 0.3 is 0 Å². The smallest absolute Gasteiger partial charge is 0.126 e. The number of benzene rings is 1. The fraction of sp³-hybridized carbons (Fsp3) is 0.455. The molecule has 0 spiro atoms. The van der Waals surface area contributed by atoms with Crippen LogP contribution in [-0.2, 0) is 6.42 Å². The second-order valence-electron chi connectivity index (χ2n) is 3.58. The van der Waals surface area contributed by atoms with Gasteiger partial charge in [0.15, 0.2) is 0 Å². The molecular formula is C11H16ClFN2. The fourth-order valence-electron chi connectivity index (χ4n) is 1.40. The lowest BCUT2D eigenvalue weighted by Gasteiger charge is -2.15. The first-order chi connectivity index (χ1) is 7.13. The Bertz CT molecular complexity index is 317. The van der Waals surface area contributed by atoms with E-state index in [1.54, 1.807) is 12.1 Å². The van der Waals surface area contributed by atoms with E-state index in [0.29, 0.717) is 17.0 Å². The van der Waals surface area contributed by atoms with Crippen molar-refractivity contribution < 1.29 is 4.39 Å². The zero-order valence-corrected chi connectivity index (χ0v) is 9.81. The van der Waals surface area contributed by atoms with E-state index in [0.717, 1.165) is 13.2 Å². The fourth-order valence-corrected chi connectivity index (χ4v) is 1.59. The van der Waals surface area contributed by atoms with Gasteiger partial charge < -0.3 is 5.32 Å². The summed E-state index contributed by atoms with van der Waals surface area (Å²) >= 11 is 5.80. The zero-order valence-electron chi connectivity index (χ0n) is 9.06. The minimum atomic E-state index is -0.183. The van der Waals surface area contributed by atoms with Gasteiger partial charge in [-0.15, -0.1) is 0 Å². The minimum Gasteiger partial charge on any atom is -0.307 e. The van der Waals surface area contributed by atoms with Crippen molar-refractivity contribution in [2.45, 2.75) is 6.42 Å². The molecule has 0 amide bonds. The van der Waals surface area contributed by atoms with Crippen molar-refractivity contribution in [3.05, 3.63) is 34.6 Å². The van der Waals surface area contributed by atoms with Crippen molar-refractivity contribution in [1.82, 2.24) is 10.2 Å². The number of halogens is 2. The molecule has 2 nitrogen and oxygen atoms in total. The molecule has 1 aromatic carbocycles. The molecule has 0 fully saturated rings. The molecule has 84 valence electrons. The van der Waals surface area contributed by atoms with E-state index in [4.69, 9.17) is 11.6 Å². The number of likely N-dealkylation sites (N-methyl/N-ethyl adjacent to an activating group) is 1. The Morgan fingerprint density at radius 1 is 1.47 bits per heavy atom. The Hall–Kier alpha value is -0.640. The van der Waals surface area contributed by atoms with E-state index in [-0.39, 0.29) is 5.82 Å². The molecule has 0 atom stereocenters. The lowest BCUT2D eigenvalue weighted by molar-refractivity contribution is 0.320. The molecule has 15 heavy (non-hydrogen) atoms. The second kappa shape index (κ2) is 6.05. The summed E-state index contributed by atoms with van der Waals surface area (Å²) in [5.74, 6) is -0.183. The van der Waals surface area contributed by atoms with Gasteiger partial charge in [0.1, 0.15) is 5.82 Å². The molecule has 0 radical (unpaired) electrons. The zero-order chi connectivity index (χ0) is 11.3. The summed E-state index contributed by atoms with van der Waals surface area (Å²) in [5.41, 5.74) is 0.672. The van der Waals surface area contributed by atoms with Crippen molar-refractivity contribution in [2.24, 2.45) is 0 Å². The Morgan fingerprint density at radius 2 is 2.20 bits per heavy atom. The first-order valence-electron chi connectivity index (χ1n) is 4.90. The number of nitrogens with one attached hydrogen (secondary N) is 1. The molecule has 0 saturated heterocycles. The first kappa shape index (κ1) is 12.4. The average Bonchev–Trinajstić information content (AvgIpc) is 2.20. The summed E-state index contributed by atoms with van der Waals surface area (Å²) in [6, 6.07) is 4.66. The summed E-state index contributed by atoms with van der Waals surface area (Å²) in [6.07, 6.45) is 0.671. The highest BCUT2D eigenvalue weighted by molar-refractivity contribution is 6.30. The van der Waals surface area contributed by atoms with Gasteiger partial charge in [-0.1, -0.05) is 11.6 Å². The molecule has 1 aromatic rings. The number of hydrogen-bond acceptors (Lipinski definition) is 2. The molecule has 0 heterocycles. The van der Waals surface area contributed by atoms with E-state index in [1.807, 2.05) is 14.1 Å². The highest BCUT2D eigenvalue weighted by Crippen LogP contribution is 2.15. The van der Waals surface area contributed by atoms with Gasteiger partial charge in [-0.05, 0) is 44.3 Å². The van der Waals surface area contributed by atoms with Crippen molar-refractivity contribution >= 4 is 11.6 Å². The SMILES string of the molecule is CNCN(C)CCc1cc(Cl)ccc1F. The predicted octanol–water partition coefficient (Wildman–Crippen LogP) is 2.13. The second-order valence-corrected chi connectivity index (χ2v) is 4.01. The Kier molecular flexibility index (Phi) is 5.02. The van der Waals surface area contributed by atoms with Crippen LogP contribution in [0.2, 0.25) is 5.02 Å². The van der Waals surface area contributed by atoms with Crippen molar-refractivity contribution in [2.75, 3.05) is 27.3 Å². The van der Waals surface area contributed by atoms with E-state index in [2.05, 4.69) is 10.2 Å². The molecule has 0 saturated carbocycles. The largest absolute Gasteiger partial charge is 0.307 e. The van der Waals surface area contributed by atoms with Crippen LogP contribution in [-0.4, -0.2) is 32.2 Å². The summed E-state index contributed by atoms with van der Waals surface area (Å²) in [5, 5.41) is 3.62. The van der Waals surface area contributed by atoms with E-state index in [9.17, 15) is 4.39 Å². The summed E-state index contributed by atoms with van der Waals surface area (Å²) in [4.78, 5) is 2.08. The van der Waals surface area contributed by atoms with E-state index in [1.165, 1.54) is 6.07 Å². The Labute approximate surface area is 95.0 Å². The average molecular weight is 231 g/mol. The molecule has 0 bridgehead atoms. The normalized spacial score (nSPS) is 11.0. The van der Waals surface area contributed by atoms with Gasteiger partial charge in [-0.25, -0.2) is 4.39 Å². The third-order valence-corrected chi connectivity index (χ3v) is 2.43. The van der Waals surface area contributed by atoms with Crippen molar-refractivity contribution in [3.8, 4) is 0 Å². The van der Waals surface area contributed by atoms with Gasteiger partial charge in [-0.3, -0.25) is 4.90 Å². The maximum absolute atomic E-state index is 13.3. The molecular weight excluding hydrogens is 215 g/mol. The van der Waals surface area contributed by atoms with Crippen LogP contribution in [0.1, 0.15) is 5.56 Å². The van der Waals surface area contributed by atoms with Crippen molar-refractivity contribution in [3.63, 3.8) is 0 Å². The number of nitrogens with zero attached hydrogens (tertiary/aromatic N) is 1. The van der Waals surface area contributed by atoms with Crippen LogP contribution in [0.4, 0.5) is 4.39 Å². The monoisotopic (exact) mass is 230 g/mol. The van der Waals surface area contributed by atoms with E-state index >= 15 is 0 Å². The number of hydrogen-bond donors (Lipinski definition) is 1. The molecule has 0 aliphatic carbocycles. The molecule has 0 aliphatic rings. The highest BCUT2D eigenvalue weighted by atomic mass is 35.5. The Morgan fingerprint density at radius 3 is 2.87 bits per heavy atom. The van der Waals surface area contributed by atoms with Gasteiger partial charge in [0.05, 0.1) is 0 Å². The van der Waals surface area contributed by atoms with Gasteiger partial charge in [-0.2, -0.15) is 0 Å². The predicted molar refractivity (Wildman–Crippen MR) is 61.7 cm³/mol. The quantitative estimate of drug-likeness (QED) is 0.780. The van der Waals surface area contributed by atoms with Gasteiger partial charge in [0.2, 0.25) is 0 Å². The maximum atomic E-state index is 13.3. The van der Waals surface area contributed by atoms with Crippen molar-refractivity contribution in [1.29, 1.82) is 0 Å². The lowest BCUT2D eigenvalue weighted by atomic mass is 10.1. The molecule has 4 heteroatoms. The summed E-state index contributed by atoms with van der Waals surface area (Å²) in [6.45, 7) is 1.60. The third kappa shape index (κ3) is 4.16. The molecule has 0 aliphatic heterocycles. The standard InChI is InChI=1S/C11H16ClFN2/c1-14-8-15(2)6-5-9-7-10(12)3-4-11(9)13/h3-4,7,14H,5-6,8H2,1-2H3. The summed E-state index contributed by atoms with van der Waals surface area (Å²) in [7, 11) is 3.87. The minimum absolute atomic E-state index is 0.183. The van der Waals surface area contributed by atoms with Crippen LogP contribution < -0.4 is 5.32 Å². The first-order valence-corrected chi connectivity index (χ1v) is 5.28. The van der Waals surface area contributed by atoms with Crippen LogP contribution in [0.15, 0.2) is 18.2 Å². The van der Waals surface area contributed by atoms with E-state index < -0.39 is 0 Å². The van der Waals surface area contributed by atoms with Crippen LogP contribution in [0.3, 0.4) is 0 Å².